The largest absolute Gasteiger partial charge is 0.395 e. The maximum absolute atomic E-state index is 9.05. The molecule has 2 aromatic carbocycles. The van der Waals surface area contributed by atoms with Crippen molar-refractivity contribution < 1.29 is 5.11 Å². The molecule has 0 aliphatic rings. The lowest BCUT2D eigenvalue weighted by Crippen LogP contribution is -2.10. The molecule has 1 heterocycles. The molecule has 1 aromatic heterocycles. The molecule has 0 atom stereocenters. The predicted molar refractivity (Wildman–Crippen MR) is 86.3 cm³/mol. The Balaban J connectivity index is 2.04. The van der Waals surface area contributed by atoms with Crippen LogP contribution in [0.2, 0.25) is 0 Å². The Morgan fingerprint density at radius 3 is 2.09 bits per heavy atom. The van der Waals surface area contributed by atoms with Gasteiger partial charge in [-0.05, 0) is 0 Å². The van der Waals surface area contributed by atoms with Gasteiger partial charge in [-0.3, -0.25) is 0 Å². The van der Waals surface area contributed by atoms with E-state index < -0.39 is 0 Å². The molecule has 0 aliphatic heterocycles. The number of nitrogens with one attached hydrogen (secondary N) is 1. The van der Waals surface area contributed by atoms with Crippen LogP contribution in [0.5, 0.6) is 0 Å². The molecule has 110 valence electrons. The van der Waals surface area contributed by atoms with Crippen LogP contribution in [-0.2, 0) is 0 Å². The summed E-state index contributed by atoms with van der Waals surface area (Å²) in [5, 5.41) is 20.7. The summed E-state index contributed by atoms with van der Waals surface area (Å²) in [6.45, 7) is 0.436. The third-order valence-electron chi connectivity index (χ3n) is 3.17. The van der Waals surface area contributed by atoms with Gasteiger partial charge in [0.15, 0.2) is 11.6 Å². The fraction of sp³-hybridized carbons (Fsp3) is 0.118. The van der Waals surface area contributed by atoms with E-state index in [1.165, 1.54) is 0 Å². The average molecular weight is 292 g/mol. The molecular weight excluding hydrogens is 276 g/mol. The van der Waals surface area contributed by atoms with Crippen molar-refractivity contribution in [2.75, 3.05) is 18.5 Å². The Morgan fingerprint density at radius 2 is 1.45 bits per heavy atom. The Kier molecular flexibility index (Phi) is 4.36. The van der Waals surface area contributed by atoms with Crippen LogP contribution in [0, 0.1) is 0 Å². The molecule has 3 rings (SSSR count). The van der Waals surface area contributed by atoms with Crippen molar-refractivity contribution in [3.63, 3.8) is 0 Å². The monoisotopic (exact) mass is 292 g/mol. The summed E-state index contributed by atoms with van der Waals surface area (Å²) in [5.41, 5.74) is 2.51. The number of anilines is 1. The van der Waals surface area contributed by atoms with Crippen molar-refractivity contribution in [3.05, 3.63) is 60.7 Å². The highest BCUT2D eigenvalue weighted by atomic mass is 16.3. The van der Waals surface area contributed by atoms with Crippen molar-refractivity contribution in [1.82, 2.24) is 15.2 Å². The van der Waals surface area contributed by atoms with Gasteiger partial charge in [-0.25, -0.2) is 4.98 Å². The molecule has 0 unspecified atom stereocenters. The Morgan fingerprint density at radius 1 is 0.818 bits per heavy atom. The number of nitrogens with zero attached hydrogens (tertiary/aromatic N) is 3. The summed E-state index contributed by atoms with van der Waals surface area (Å²) < 4.78 is 0. The van der Waals surface area contributed by atoms with Gasteiger partial charge < -0.3 is 10.4 Å². The standard InChI is InChI=1S/C17H16N4O/c22-12-11-18-17-15(13-7-3-1-4-8-13)20-21-16(19-17)14-9-5-2-6-10-14/h1-10,22H,11-12H2,(H,18,19,21). The first-order valence-corrected chi connectivity index (χ1v) is 7.09. The SMILES string of the molecule is OCCNc1nc(-c2ccccc2)nnc1-c1ccccc1. The summed E-state index contributed by atoms with van der Waals surface area (Å²) in [7, 11) is 0. The second-order valence-electron chi connectivity index (χ2n) is 4.72. The third-order valence-corrected chi connectivity index (χ3v) is 3.17. The van der Waals surface area contributed by atoms with E-state index in [2.05, 4.69) is 20.5 Å². The fourth-order valence-corrected chi connectivity index (χ4v) is 2.12. The van der Waals surface area contributed by atoms with E-state index in [4.69, 9.17) is 5.11 Å². The van der Waals surface area contributed by atoms with E-state index in [1.54, 1.807) is 0 Å². The molecular formula is C17H16N4O. The van der Waals surface area contributed by atoms with E-state index in [-0.39, 0.29) is 6.61 Å². The van der Waals surface area contributed by atoms with E-state index in [9.17, 15) is 0 Å². The molecule has 0 spiro atoms. The van der Waals surface area contributed by atoms with Gasteiger partial charge in [-0.1, -0.05) is 60.7 Å². The number of aliphatic hydroxyl groups excluding tert-OH is 1. The van der Waals surface area contributed by atoms with Crippen LogP contribution in [0.3, 0.4) is 0 Å². The lowest BCUT2D eigenvalue weighted by Gasteiger charge is -2.10. The van der Waals surface area contributed by atoms with Crippen LogP contribution in [0.1, 0.15) is 0 Å². The third kappa shape index (κ3) is 3.10. The molecule has 0 amide bonds. The number of aromatic nitrogens is 3. The van der Waals surface area contributed by atoms with Crippen LogP contribution < -0.4 is 5.32 Å². The van der Waals surface area contributed by atoms with Crippen molar-refractivity contribution >= 4 is 5.82 Å². The molecule has 22 heavy (non-hydrogen) atoms. The highest BCUT2D eigenvalue weighted by Gasteiger charge is 2.11. The molecule has 0 radical (unpaired) electrons. The zero-order valence-electron chi connectivity index (χ0n) is 12.0. The Hall–Kier alpha value is -2.79. The zero-order valence-corrected chi connectivity index (χ0v) is 12.0. The smallest absolute Gasteiger partial charge is 0.183 e. The van der Waals surface area contributed by atoms with Gasteiger partial charge in [0.2, 0.25) is 0 Å². The summed E-state index contributed by atoms with van der Waals surface area (Å²) >= 11 is 0. The maximum atomic E-state index is 9.05. The minimum atomic E-state index is 0.0267. The molecule has 5 nitrogen and oxygen atoms in total. The van der Waals surface area contributed by atoms with Gasteiger partial charge in [-0.15, -0.1) is 10.2 Å². The second-order valence-corrected chi connectivity index (χ2v) is 4.72. The molecule has 0 aliphatic carbocycles. The van der Waals surface area contributed by atoms with Crippen molar-refractivity contribution in [2.45, 2.75) is 0 Å². The fourth-order valence-electron chi connectivity index (χ4n) is 2.12. The van der Waals surface area contributed by atoms with Crippen LogP contribution in [-0.4, -0.2) is 33.4 Å². The van der Waals surface area contributed by atoms with E-state index in [0.717, 1.165) is 11.1 Å². The second kappa shape index (κ2) is 6.78. The minimum Gasteiger partial charge on any atom is -0.395 e. The lowest BCUT2D eigenvalue weighted by molar-refractivity contribution is 0.311. The van der Waals surface area contributed by atoms with Crippen molar-refractivity contribution in [2.24, 2.45) is 0 Å². The van der Waals surface area contributed by atoms with Crippen LogP contribution in [0.15, 0.2) is 60.7 Å². The van der Waals surface area contributed by atoms with Crippen molar-refractivity contribution in [3.8, 4) is 22.6 Å². The Labute approximate surface area is 128 Å². The van der Waals surface area contributed by atoms with Gasteiger partial charge in [0.25, 0.3) is 0 Å². The Bertz CT molecular complexity index is 732. The number of aliphatic hydroxyl groups is 1. The van der Waals surface area contributed by atoms with Crippen LogP contribution >= 0.6 is 0 Å². The average Bonchev–Trinajstić information content (AvgIpc) is 2.61. The first-order valence-electron chi connectivity index (χ1n) is 7.09. The van der Waals surface area contributed by atoms with E-state index in [1.807, 2.05) is 60.7 Å². The topological polar surface area (TPSA) is 70.9 Å². The molecule has 5 heteroatoms. The minimum absolute atomic E-state index is 0.0267. The molecule has 0 saturated carbocycles. The van der Waals surface area contributed by atoms with Crippen molar-refractivity contribution in [1.29, 1.82) is 0 Å². The summed E-state index contributed by atoms with van der Waals surface area (Å²) in [5.74, 6) is 1.18. The first kappa shape index (κ1) is 14.2. The van der Waals surface area contributed by atoms with Crippen LogP contribution in [0.4, 0.5) is 5.82 Å². The number of hydrogen-bond acceptors (Lipinski definition) is 5. The molecule has 2 N–H and O–H groups in total. The number of rotatable bonds is 5. The van der Waals surface area contributed by atoms with Crippen LogP contribution in [0.25, 0.3) is 22.6 Å². The molecule has 3 aromatic rings. The maximum Gasteiger partial charge on any atom is 0.183 e. The van der Waals surface area contributed by atoms with Gasteiger partial charge >= 0.3 is 0 Å². The number of benzene rings is 2. The normalized spacial score (nSPS) is 10.4. The molecule has 0 fully saturated rings. The van der Waals surface area contributed by atoms with Gasteiger partial charge in [0.05, 0.1) is 6.61 Å². The molecule has 0 bridgehead atoms. The first-order chi connectivity index (χ1) is 10.9. The predicted octanol–water partition coefficient (Wildman–Crippen LogP) is 2.61. The number of hydrogen-bond donors (Lipinski definition) is 2. The van der Waals surface area contributed by atoms with Gasteiger partial charge in [0.1, 0.15) is 5.69 Å². The molecule has 0 saturated heterocycles. The highest BCUT2D eigenvalue weighted by Crippen LogP contribution is 2.25. The lowest BCUT2D eigenvalue weighted by atomic mass is 10.1. The van der Waals surface area contributed by atoms with E-state index >= 15 is 0 Å². The van der Waals surface area contributed by atoms with Gasteiger partial charge in [-0.2, -0.15) is 0 Å². The quantitative estimate of drug-likeness (QED) is 0.756. The highest BCUT2D eigenvalue weighted by molar-refractivity contribution is 5.72. The summed E-state index contributed by atoms with van der Waals surface area (Å²) in [6, 6.07) is 19.4. The zero-order chi connectivity index (χ0) is 15.2. The van der Waals surface area contributed by atoms with E-state index in [0.29, 0.717) is 23.9 Å². The van der Waals surface area contributed by atoms with Gasteiger partial charge in [0, 0.05) is 17.7 Å². The summed E-state index contributed by atoms with van der Waals surface area (Å²) in [4.78, 5) is 4.56. The summed E-state index contributed by atoms with van der Waals surface area (Å²) in [6.07, 6.45) is 0.